The Balaban J connectivity index is 3.14. The molecule has 2 nitrogen and oxygen atoms in total. The first-order valence-corrected chi connectivity index (χ1v) is 4.20. The summed E-state index contributed by atoms with van der Waals surface area (Å²) in [5, 5.41) is 0.579. The second kappa shape index (κ2) is 2.94. The fraction of sp³-hybridized carbons (Fsp3) is 0.444. The van der Waals surface area contributed by atoms with Crippen molar-refractivity contribution in [2.24, 2.45) is 0 Å². The zero-order valence-electron chi connectivity index (χ0n) is 7.56. The number of halogens is 1. The van der Waals surface area contributed by atoms with Gasteiger partial charge in [0.1, 0.15) is 0 Å². The molecular formula is C9H13ClN2. The van der Waals surface area contributed by atoms with E-state index in [2.05, 4.69) is 25.8 Å². The number of hydrogen-bond donors (Lipinski definition) is 1. The zero-order valence-corrected chi connectivity index (χ0v) is 8.31. The average Bonchev–Trinajstić information content (AvgIpc) is 1.92. The zero-order chi connectivity index (χ0) is 9.35. The van der Waals surface area contributed by atoms with Crippen LogP contribution in [0.3, 0.4) is 0 Å². The van der Waals surface area contributed by atoms with Gasteiger partial charge in [0.2, 0.25) is 0 Å². The normalized spacial score (nSPS) is 11.7. The minimum atomic E-state index is 0.0251. The number of anilines is 1. The second-order valence-electron chi connectivity index (χ2n) is 3.84. The van der Waals surface area contributed by atoms with E-state index in [4.69, 9.17) is 17.3 Å². The van der Waals surface area contributed by atoms with Crippen molar-refractivity contribution < 1.29 is 0 Å². The van der Waals surface area contributed by atoms with E-state index in [0.29, 0.717) is 10.7 Å². The van der Waals surface area contributed by atoms with Crippen LogP contribution in [0.1, 0.15) is 26.5 Å². The number of nitrogen functional groups attached to an aromatic ring is 1. The van der Waals surface area contributed by atoms with Gasteiger partial charge in [-0.3, -0.25) is 4.98 Å². The summed E-state index contributed by atoms with van der Waals surface area (Å²) in [5.74, 6) is 0. The average molecular weight is 185 g/mol. The Morgan fingerprint density at radius 3 is 2.42 bits per heavy atom. The van der Waals surface area contributed by atoms with E-state index < -0.39 is 0 Å². The molecule has 3 heteroatoms. The first-order chi connectivity index (χ1) is 5.41. The van der Waals surface area contributed by atoms with Gasteiger partial charge in [0.05, 0.1) is 16.9 Å². The molecule has 0 saturated carbocycles. The smallest absolute Gasteiger partial charge is 0.0690 e. The van der Waals surface area contributed by atoms with E-state index in [1.807, 2.05) is 6.07 Å². The summed E-state index contributed by atoms with van der Waals surface area (Å²) in [7, 11) is 0. The summed E-state index contributed by atoms with van der Waals surface area (Å²) in [6.07, 6.45) is 1.60. The van der Waals surface area contributed by atoms with Gasteiger partial charge in [-0.05, 0) is 6.07 Å². The van der Waals surface area contributed by atoms with E-state index in [1.54, 1.807) is 6.20 Å². The first-order valence-electron chi connectivity index (χ1n) is 3.83. The molecule has 0 aliphatic heterocycles. The molecule has 2 N–H and O–H groups in total. The van der Waals surface area contributed by atoms with Crippen LogP contribution in [-0.2, 0) is 5.41 Å². The van der Waals surface area contributed by atoms with Crippen molar-refractivity contribution >= 4 is 17.3 Å². The van der Waals surface area contributed by atoms with E-state index in [0.717, 1.165) is 5.69 Å². The molecule has 1 rings (SSSR count). The van der Waals surface area contributed by atoms with E-state index in [1.165, 1.54) is 0 Å². The Morgan fingerprint density at radius 1 is 1.42 bits per heavy atom. The Labute approximate surface area is 77.8 Å². The predicted octanol–water partition coefficient (Wildman–Crippen LogP) is 2.61. The van der Waals surface area contributed by atoms with Crippen molar-refractivity contribution in [1.29, 1.82) is 0 Å². The molecule has 0 aliphatic carbocycles. The minimum Gasteiger partial charge on any atom is -0.396 e. The molecule has 1 heterocycles. The van der Waals surface area contributed by atoms with Gasteiger partial charge in [-0.2, -0.15) is 0 Å². The van der Waals surface area contributed by atoms with Crippen LogP contribution in [0, 0.1) is 0 Å². The van der Waals surface area contributed by atoms with E-state index >= 15 is 0 Å². The van der Waals surface area contributed by atoms with E-state index in [-0.39, 0.29) is 5.41 Å². The molecule has 0 amide bonds. The van der Waals surface area contributed by atoms with Gasteiger partial charge >= 0.3 is 0 Å². The standard InChI is InChI=1S/C9H13ClN2/c1-9(2,3)8-4-6(10)7(11)5-12-8/h4-5H,11H2,1-3H3. The van der Waals surface area contributed by atoms with Crippen LogP contribution in [-0.4, -0.2) is 4.98 Å². The quantitative estimate of drug-likeness (QED) is 0.673. The topological polar surface area (TPSA) is 38.9 Å². The molecule has 0 aliphatic rings. The Hall–Kier alpha value is -0.760. The lowest BCUT2D eigenvalue weighted by Gasteiger charge is -2.17. The van der Waals surface area contributed by atoms with Gasteiger partial charge in [-0.25, -0.2) is 0 Å². The Bertz CT molecular complexity index is 289. The largest absolute Gasteiger partial charge is 0.396 e. The fourth-order valence-electron chi connectivity index (χ4n) is 0.852. The lowest BCUT2D eigenvalue weighted by atomic mass is 9.92. The van der Waals surface area contributed by atoms with Gasteiger partial charge in [0.25, 0.3) is 0 Å². The summed E-state index contributed by atoms with van der Waals surface area (Å²) in [4.78, 5) is 4.20. The molecule has 1 aromatic rings. The molecule has 0 fully saturated rings. The lowest BCUT2D eigenvalue weighted by Crippen LogP contribution is -2.13. The molecule has 0 atom stereocenters. The van der Waals surface area contributed by atoms with E-state index in [9.17, 15) is 0 Å². The van der Waals surface area contributed by atoms with Crippen LogP contribution < -0.4 is 5.73 Å². The summed E-state index contributed by atoms with van der Waals surface area (Å²) < 4.78 is 0. The van der Waals surface area contributed by atoms with Crippen molar-refractivity contribution in [2.75, 3.05) is 5.73 Å². The predicted molar refractivity (Wildman–Crippen MR) is 52.4 cm³/mol. The molecule has 0 saturated heterocycles. The second-order valence-corrected chi connectivity index (χ2v) is 4.25. The van der Waals surface area contributed by atoms with Crippen molar-refractivity contribution in [1.82, 2.24) is 4.98 Å². The van der Waals surface area contributed by atoms with Gasteiger partial charge in [-0.1, -0.05) is 32.4 Å². The van der Waals surface area contributed by atoms with Crippen molar-refractivity contribution in [3.05, 3.63) is 23.0 Å². The third-order valence-electron chi connectivity index (χ3n) is 1.65. The molecule has 12 heavy (non-hydrogen) atoms. The van der Waals surface area contributed by atoms with Crippen LogP contribution in [0.5, 0.6) is 0 Å². The monoisotopic (exact) mass is 184 g/mol. The van der Waals surface area contributed by atoms with Crippen LogP contribution in [0.4, 0.5) is 5.69 Å². The van der Waals surface area contributed by atoms with Crippen LogP contribution in [0.2, 0.25) is 5.02 Å². The first kappa shape index (κ1) is 9.33. The minimum absolute atomic E-state index is 0.0251. The molecule has 0 radical (unpaired) electrons. The molecule has 0 aromatic carbocycles. The molecule has 0 bridgehead atoms. The highest BCUT2D eigenvalue weighted by Gasteiger charge is 2.15. The maximum absolute atomic E-state index is 5.85. The van der Waals surface area contributed by atoms with Crippen LogP contribution in [0.15, 0.2) is 12.3 Å². The Kier molecular flexibility index (Phi) is 2.29. The highest BCUT2D eigenvalue weighted by atomic mass is 35.5. The van der Waals surface area contributed by atoms with Crippen LogP contribution in [0.25, 0.3) is 0 Å². The highest BCUT2D eigenvalue weighted by Crippen LogP contribution is 2.25. The van der Waals surface area contributed by atoms with Crippen molar-refractivity contribution in [2.45, 2.75) is 26.2 Å². The van der Waals surface area contributed by atoms with Gasteiger partial charge < -0.3 is 5.73 Å². The molecule has 1 aromatic heterocycles. The molecule has 0 unspecified atom stereocenters. The number of nitrogens with zero attached hydrogens (tertiary/aromatic N) is 1. The maximum atomic E-state index is 5.85. The van der Waals surface area contributed by atoms with Gasteiger partial charge in [0, 0.05) is 11.1 Å². The van der Waals surface area contributed by atoms with Crippen LogP contribution >= 0.6 is 11.6 Å². The van der Waals surface area contributed by atoms with Crippen molar-refractivity contribution in [3.8, 4) is 0 Å². The Morgan fingerprint density at radius 2 is 2.00 bits per heavy atom. The summed E-state index contributed by atoms with van der Waals surface area (Å²) in [5.41, 5.74) is 7.05. The SMILES string of the molecule is CC(C)(C)c1cc(Cl)c(N)cn1. The molecule has 0 spiro atoms. The number of aromatic nitrogens is 1. The number of nitrogens with two attached hydrogens (primary N) is 1. The van der Waals surface area contributed by atoms with Gasteiger partial charge in [0.15, 0.2) is 0 Å². The van der Waals surface area contributed by atoms with Crippen molar-refractivity contribution in [3.63, 3.8) is 0 Å². The third kappa shape index (κ3) is 1.89. The number of hydrogen-bond acceptors (Lipinski definition) is 2. The lowest BCUT2D eigenvalue weighted by molar-refractivity contribution is 0.569. The number of pyridine rings is 1. The summed E-state index contributed by atoms with van der Waals surface area (Å²) in [6, 6.07) is 1.82. The maximum Gasteiger partial charge on any atom is 0.0690 e. The molecule has 66 valence electrons. The third-order valence-corrected chi connectivity index (χ3v) is 1.98. The summed E-state index contributed by atoms with van der Waals surface area (Å²) >= 11 is 5.85. The molecular weight excluding hydrogens is 172 g/mol. The van der Waals surface area contributed by atoms with Gasteiger partial charge in [-0.15, -0.1) is 0 Å². The summed E-state index contributed by atoms with van der Waals surface area (Å²) in [6.45, 7) is 6.26. The number of rotatable bonds is 0. The fourth-order valence-corrected chi connectivity index (χ4v) is 1.00. The highest BCUT2D eigenvalue weighted by molar-refractivity contribution is 6.33.